The first kappa shape index (κ1) is 36.2. The zero-order valence-electron chi connectivity index (χ0n) is 26.9. The predicted molar refractivity (Wildman–Crippen MR) is 167 cm³/mol. The normalized spacial score (nSPS) is 19.6. The summed E-state index contributed by atoms with van der Waals surface area (Å²) in [7, 11) is 0. The summed E-state index contributed by atoms with van der Waals surface area (Å²) in [6.07, 6.45) is -9.70. The molecule has 2 saturated heterocycles. The lowest BCUT2D eigenvalue weighted by Crippen LogP contribution is -2.57. The first-order valence-corrected chi connectivity index (χ1v) is 15.9. The van der Waals surface area contributed by atoms with Gasteiger partial charge in [-0.05, 0) is 80.1 Å². The molecule has 264 valence electrons. The van der Waals surface area contributed by atoms with Gasteiger partial charge in [0.05, 0.1) is 17.7 Å². The van der Waals surface area contributed by atoms with Crippen molar-refractivity contribution in [1.82, 2.24) is 14.7 Å². The molecule has 2 aliphatic heterocycles. The van der Waals surface area contributed by atoms with Crippen LogP contribution in [-0.2, 0) is 23.6 Å². The third kappa shape index (κ3) is 8.96. The van der Waals surface area contributed by atoms with Gasteiger partial charge in [-0.3, -0.25) is 19.4 Å². The molecule has 14 heteroatoms. The Hall–Kier alpha value is -4.04. The number of benzene rings is 3. The fourth-order valence-corrected chi connectivity index (χ4v) is 6.75. The molecule has 0 unspecified atom stereocenters. The highest BCUT2D eigenvalue weighted by molar-refractivity contribution is 5.95. The van der Waals surface area contributed by atoms with Gasteiger partial charge >= 0.3 is 12.4 Å². The van der Waals surface area contributed by atoms with Gasteiger partial charge in [-0.2, -0.15) is 26.3 Å². The predicted octanol–water partition coefficient (Wildman–Crippen LogP) is 7.09. The SMILES string of the molecule is Cc1cccc(C)c1NC(=O)CN1CCN([C@H]2CCN(C(=O)c3cc(C(F)(F)F)cc(C(F)(F)F)c3)[C@H](Cc3cc(F)cc(F)c3)C2)CC1. The van der Waals surface area contributed by atoms with E-state index in [-0.39, 0.29) is 49.5 Å². The first-order valence-electron chi connectivity index (χ1n) is 15.9. The lowest BCUT2D eigenvalue weighted by Gasteiger charge is -2.46. The number of hydrogen-bond acceptors (Lipinski definition) is 4. The maximum absolute atomic E-state index is 14.1. The Morgan fingerprint density at radius 2 is 1.37 bits per heavy atom. The average molecular weight is 697 g/mol. The highest BCUT2D eigenvalue weighted by Gasteiger charge is 2.40. The van der Waals surface area contributed by atoms with Crippen LogP contribution in [0.1, 0.15) is 51.0 Å². The number of anilines is 1. The van der Waals surface area contributed by atoms with E-state index >= 15 is 0 Å². The van der Waals surface area contributed by atoms with Gasteiger partial charge in [0.25, 0.3) is 5.91 Å². The summed E-state index contributed by atoms with van der Waals surface area (Å²) in [6, 6.07) is 8.44. The Labute approximate surface area is 278 Å². The molecule has 2 heterocycles. The van der Waals surface area contributed by atoms with Crippen LogP contribution in [0.4, 0.5) is 40.8 Å². The van der Waals surface area contributed by atoms with Crippen LogP contribution >= 0.6 is 0 Å². The summed E-state index contributed by atoms with van der Waals surface area (Å²) < 4.78 is 110. The molecule has 49 heavy (non-hydrogen) atoms. The van der Waals surface area contributed by atoms with Crippen LogP contribution in [0.2, 0.25) is 0 Å². The Bertz CT molecular complexity index is 1610. The number of alkyl halides is 6. The largest absolute Gasteiger partial charge is 0.416 e. The number of likely N-dealkylation sites (tertiary alicyclic amines) is 1. The number of carbonyl (C=O) groups excluding carboxylic acids is 2. The summed E-state index contributed by atoms with van der Waals surface area (Å²) in [4.78, 5) is 31.9. The number of nitrogens with zero attached hydrogens (tertiary/aromatic N) is 3. The van der Waals surface area contributed by atoms with Gasteiger partial charge in [0.2, 0.25) is 5.91 Å². The molecule has 3 aromatic rings. The van der Waals surface area contributed by atoms with Crippen LogP contribution in [0, 0.1) is 25.5 Å². The maximum Gasteiger partial charge on any atom is 0.416 e. The van der Waals surface area contributed by atoms with E-state index in [2.05, 4.69) is 10.2 Å². The molecule has 2 aliphatic rings. The number of halogens is 8. The molecule has 5 rings (SSSR count). The fourth-order valence-electron chi connectivity index (χ4n) is 6.75. The molecule has 0 aromatic heterocycles. The Balaban J connectivity index is 1.31. The number of hydrogen-bond donors (Lipinski definition) is 1. The minimum atomic E-state index is -5.13. The zero-order chi connectivity index (χ0) is 35.7. The Morgan fingerprint density at radius 1 is 0.796 bits per heavy atom. The van der Waals surface area contributed by atoms with Gasteiger partial charge in [0.15, 0.2) is 0 Å². The molecule has 6 nitrogen and oxygen atoms in total. The van der Waals surface area contributed by atoms with Crippen molar-refractivity contribution in [3.05, 3.63) is 99.6 Å². The summed E-state index contributed by atoms with van der Waals surface area (Å²) in [5.74, 6) is -2.89. The van der Waals surface area contributed by atoms with E-state index in [1.165, 1.54) is 4.90 Å². The van der Waals surface area contributed by atoms with Gasteiger partial charge < -0.3 is 10.2 Å². The number of aryl methyl sites for hydroxylation is 2. The molecule has 0 saturated carbocycles. The molecule has 0 aliphatic carbocycles. The molecule has 2 amide bonds. The van der Waals surface area contributed by atoms with Gasteiger partial charge in [-0.25, -0.2) is 8.78 Å². The average Bonchev–Trinajstić information content (AvgIpc) is 3.01. The van der Waals surface area contributed by atoms with E-state index < -0.39 is 52.6 Å². The van der Waals surface area contributed by atoms with Crippen LogP contribution in [0.15, 0.2) is 54.6 Å². The van der Waals surface area contributed by atoms with Crippen molar-refractivity contribution in [1.29, 1.82) is 0 Å². The van der Waals surface area contributed by atoms with Crippen molar-refractivity contribution >= 4 is 17.5 Å². The number of carbonyl (C=O) groups is 2. The van der Waals surface area contributed by atoms with Crippen LogP contribution in [0.5, 0.6) is 0 Å². The Morgan fingerprint density at radius 3 is 1.92 bits per heavy atom. The summed E-state index contributed by atoms with van der Waals surface area (Å²) in [6.45, 7) is 6.27. The van der Waals surface area contributed by atoms with Crippen LogP contribution < -0.4 is 5.32 Å². The van der Waals surface area contributed by atoms with Crippen molar-refractivity contribution < 1.29 is 44.7 Å². The second-order valence-electron chi connectivity index (χ2n) is 12.7. The lowest BCUT2D eigenvalue weighted by atomic mass is 9.90. The van der Waals surface area contributed by atoms with Crippen molar-refractivity contribution in [2.75, 3.05) is 44.6 Å². The van der Waals surface area contributed by atoms with Crippen LogP contribution in [-0.4, -0.2) is 77.9 Å². The minimum absolute atomic E-state index is 0.00194. The monoisotopic (exact) mass is 696 g/mol. The smallest absolute Gasteiger partial charge is 0.335 e. The molecule has 0 spiro atoms. The molecule has 1 N–H and O–H groups in total. The van der Waals surface area contributed by atoms with Gasteiger partial charge in [0.1, 0.15) is 11.6 Å². The highest BCUT2D eigenvalue weighted by atomic mass is 19.4. The topological polar surface area (TPSA) is 55.9 Å². The standard InChI is InChI=1S/C35H36F8N4O2/c1-21-4-3-5-22(2)32(21)44-31(48)20-45-8-10-46(11-9-45)29-6-7-47(30(19-29)14-23-12-27(36)18-28(37)13-23)33(49)24-15-25(34(38,39)40)17-26(16-24)35(41,42)43/h3-5,12-13,15-18,29-30H,6-11,14,19-20H2,1-2H3,(H,44,48)/t29-,30+/m0/s1. The molecular weight excluding hydrogens is 660 g/mol. The quantitative estimate of drug-likeness (QED) is 0.268. The molecule has 0 radical (unpaired) electrons. The number of nitrogens with one attached hydrogen (secondary N) is 1. The lowest BCUT2D eigenvalue weighted by molar-refractivity contribution is -0.143. The van der Waals surface area contributed by atoms with E-state index in [0.29, 0.717) is 50.8 Å². The van der Waals surface area contributed by atoms with E-state index in [1.54, 1.807) is 0 Å². The van der Waals surface area contributed by atoms with E-state index in [9.17, 15) is 44.7 Å². The van der Waals surface area contributed by atoms with E-state index in [0.717, 1.165) is 28.9 Å². The van der Waals surface area contributed by atoms with Crippen molar-refractivity contribution in [3.63, 3.8) is 0 Å². The second kappa shape index (κ2) is 14.4. The number of piperazine rings is 1. The number of piperidine rings is 1. The zero-order valence-corrected chi connectivity index (χ0v) is 26.9. The van der Waals surface area contributed by atoms with Crippen molar-refractivity contribution in [2.45, 2.75) is 57.5 Å². The van der Waals surface area contributed by atoms with E-state index in [4.69, 9.17) is 0 Å². The number of amides is 2. The van der Waals surface area contributed by atoms with Gasteiger partial charge in [-0.15, -0.1) is 0 Å². The fraction of sp³-hybridized carbons (Fsp3) is 0.429. The third-order valence-corrected chi connectivity index (χ3v) is 9.21. The summed E-state index contributed by atoms with van der Waals surface area (Å²) >= 11 is 0. The minimum Gasteiger partial charge on any atom is -0.335 e. The Kier molecular flexibility index (Phi) is 10.7. The maximum atomic E-state index is 14.1. The van der Waals surface area contributed by atoms with Crippen LogP contribution in [0.25, 0.3) is 0 Å². The number of para-hydroxylation sites is 1. The summed E-state index contributed by atoms with van der Waals surface area (Å²) in [5.41, 5.74) is -1.12. The van der Waals surface area contributed by atoms with Gasteiger partial charge in [-0.1, -0.05) is 18.2 Å². The van der Waals surface area contributed by atoms with Crippen molar-refractivity contribution in [2.24, 2.45) is 0 Å². The van der Waals surface area contributed by atoms with Crippen molar-refractivity contribution in [3.8, 4) is 0 Å². The first-order chi connectivity index (χ1) is 23.0. The third-order valence-electron chi connectivity index (χ3n) is 9.21. The molecule has 0 bridgehead atoms. The molecule has 3 aromatic carbocycles. The van der Waals surface area contributed by atoms with Crippen LogP contribution in [0.3, 0.4) is 0 Å². The van der Waals surface area contributed by atoms with E-state index in [1.807, 2.05) is 36.9 Å². The highest BCUT2D eigenvalue weighted by Crippen LogP contribution is 2.37. The summed E-state index contributed by atoms with van der Waals surface area (Å²) in [5, 5.41) is 2.98. The molecular formula is C35H36F8N4O2. The number of rotatable bonds is 7. The second-order valence-corrected chi connectivity index (χ2v) is 12.7. The molecule has 2 fully saturated rings. The molecule has 2 atom stereocenters. The van der Waals surface area contributed by atoms with Gasteiger partial charge in [0, 0.05) is 62.1 Å².